The summed E-state index contributed by atoms with van der Waals surface area (Å²) in [6.45, 7) is 0.634. The molecule has 2 aromatic rings. The molecule has 2 aromatic heterocycles. The summed E-state index contributed by atoms with van der Waals surface area (Å²) >= 11 is 3.32. The molecule has 8 heteroatoms. The largest absolute Gasteiger partial charge is 0.369 e. The predicted molar refractivity (Wildman–Crippen MR) is 60.6 cm³/mol. The highest BCUT2D eigenvalue weighted by atomic mass is 79.9. The van der Waals surface area contributed by atoms with E-state index in [1.807, 2.05) is 0 Å². The Bertz CT molecular complexity index is 460. The topological polar surface area (TPSA) is 103 Å². The highest BCUT2D eigenvalue weighted by Crippen LogP contribution is 2.18. The van der Waals surface area contributed by atoms with E-state index in [0.29, 0.717) is 24.6 Å². The highest BCUT2D eigenvalue weighted by Gasteiger charge is 2.03. The number of anilines is 2. The van der Waals surface area contributed by atoms with Crippen molar-refractivity contribution in [1.29, 1.82) is 0 Å². The smallest absolute Gasteiger partial charge is 0.221 e. The third kappa shape index (κ3) is 2.66. The third-order valence-electron chi connectivity index (χ3n) is 1.81. The van der Waals surface area contributed by atoms with Crippen molar-refractivity contribution in [3.05, 3.63) is 22.9 Å². The molecule has 2 rings (SSSR count). The van der Waals surface area contributed by atoms with Gasteiger partial charge in [0.1, 0.15) is 5.82 Å². The quantitative estimate of drug-likeness (QED) is 0.858. The summed E-state index contributed by atoms with van der Waals surface area (Å²) in [4.78, 5) is 11.8. The van der Waals surface area contributed by atoms with E-state index in [4.69, 9.17) is 5.73 Å². The minimum absolute atomic E-state index is 0.227. The molecule has 7 nitrogen and oxygen atoms in total. The van der Waals surface area contributed by atoms with E-state index in [1.54, 1.807) is 6.20 Å². The van der Waals surface area contributed by atoms with Crippen LogP contribution in [0.3, 0.4) is 0 Å². The molecule has 0 bridgehead atoms. The number of aromatic nitrogens is 4. The second-order valence-electron chi connectivity index (χ2n) is 2.95. The van der Waals surface area contributed by atoms with Gasteiger partial charge in [-0.2, -0.15) is 9.97 Å². The molecule has 0 unspecified atom stereocenters. The Morgan fingerprint density at radius 1 is 1.44 bits per heavy atom. The first-order valence-corrected chi connectivity index (χ1v) is 5.32. The van der Waals surface area contributed by atoms with Gasteiger partial charge in [0.05, 0.1) is 4.47 Å². The minimum atomic E-state index is 0.227. The Labute approximate surface area is 99.6 Å². The summed E-state index contributed by atoms with van der Waals surface area (Å²) in [5, 5.41) is 6.78. The van der Waals surface area contributed by atoms with Crippen molar-refractivity contribution < 1.29 is 4.52 Å². The number of hydrogen-bond donors (Lipinski definition) is 2. The van der Waals surface area contributed by atoms with Gasteiger partial charge in [-0.25, -0.2) is 4.98 Å². The van der Waals surface area contributed by atoms with E-state index < -0.39 is 0 Å². The van der Waals surface area contributed by atoms with Crippen LogP contribution in [0.5, 0.6) is 0 Å². The van der Waals surface area contributed by atoms with Crippen LogP contribution >= 0.6 is 15.9 Å². The Kier molecular flexibility index (Phi) is 3.30. The lowest BCUT2D eigenvalue weighted by Gasteiger charge is -2.05. The van der Waals surface area contributed by atoms with Gasteiger partial charge in [0.2, 0.25) is 12.3 Å². The van der Waals surface area contributed by atoms with E-state index in [-0.39, 0.29) is 5.95 Å². The van der Waals surface area contributed by atoms with Gasteiger partial charge in [-0.05, 0) is 15.9 Å². The maximum atomic E-state index is 5.47. The zero-order chi connectivity index (χ0) is 11.4. The van der Waals surface area contributed by atoms with Crippen LogP contribution in [0.25, 0.3) is 0 Å². The Hall–Kier alpha value is -1.70. The number of hydrogen-bond acceptors (Lipinski definition) is 7. The highest BCUT2D eigenvalue weighted by molar-refractivity contribution is 9.10. The molecule has 0 fully saturated rings. The molecule has 16 heavy (non-hydrogen) atoms. The maximum absolute atomic E-state index is 5.47. The molecular weight excluding hydrogens is 276 g/mol. The van der Waals surface area contributed by atoms with Crippen LogP contribution in [0.1, 0.15) is 5.82 Å². The molecule has 0 spiro atoms. The van der Waals surface area contributed by atoms with E-state index in [1.165, 1.54) is 6.39 Å². The Morgan fingerprint density at radius 2 is 2.31 bits per heavy atom. The summed E-state index contributed by atoms with van der Waals surface area (Å²) in [7, 11) is 0. The SMILES string of the molecule is Nc1ncc(Br)c(NCCc2ncon2)n1. The van der Waals surface area contributed by atoms with Gasteiger partial charge in [0, 0.05) is 19.2 Å². The zero-order valence-corrected chi connectivity index (χ0v) is 9.81. The number of nitrogens with zero attached hydrogens (tertiary/aromatic N) is 4. The lowest BCUT2D eigenvalue weighted by Crippen LogP contribution is -2.09. The monoisotopic (exact) mass is 284 g/mol. The second-order valence-corrected chi connectivity index (χ2v) is 3.80. The van der Waals surface area contributed by atoms with E-state index in [0.717, 1.165) is 4.47 Å². The van der Waals surface area contributed by atoms with E-state index in [2.05, 4.69) is 45.9 Å². The number of halogens is 1. The summed E-state index contributed by atoms with van der Waals surface area (Å²) in [6.07, 6.45) is 3.54. The molecule has 0 saturated heterocycles. The summed E-state index contributed by atoms with van der Waals surface area (Å²) in [5.74, 6) is 1.52. The lowest BCUT2D eigenvalue weighted by atomic mass is 10.4. The molecule has 84 valence electrons. The molecule has 0 atom stereocenters. The van der Waals surface area contributed by atoms with Crippen molar-refractivity contribution in [3.63, 3.8) is 0 Å². The van der Waals surface area contributed by atoms with Crippen LogP contribution in [0.2, 0.25) is 0 Å². The van der Waals surface area contributed by atoms with Crippen LogP contribution < -0.4 is 11.1 Å². The van der Waals surface area contributed by atoms with Crippen LogP contribution in [0, 0.1) is 0 Å². The maximum Gasteiger partial charge on any atom is 0.221 e. The fraction of sp³-hybridized carbons (Fsp3) is 0.250. The molecule has 3 N–H and O–H groups in total. The number of nitrogens with two attached hydrogens (primary N) is 1. The van der Waals surface area contributed by atoms with Crippen LogP contribution in [-0.2, 0) is 6.42 Å². The lowest BCUT2D eigenvalue weighted by molar-refractivity contribution is 0.410. The van der Waals surface area contributed by atoms with Crippen LogP contribution in [0.15, 0.2) is 21.6 Å². The first kappa shape index (κ1) is 10.8. The van der Waals surface area contributed by atoms with Gasteiger partial charge in [0.15, 0.2) is 5.82 Å². The van der Waals surface area contributed by atoms with Crippen LogP contribution in [0.4, 0.5) is 11.8 Å². The van der Waals surface area contributed by atoms with Gasteiger partial charge in [-0.3, -0.25) is 0 Å². The summed E-state index contributed by atoms with van der Waals surface area (Å²) < 4.78 is 5.38. The fourth-order valence-corrected chi connectivity index (χ4v) is 1.43. The van der Waals surface area contributed by atoms with Crippen LogP contribution in [-0.4, -0.2) is 26.7 Å². The first-order chi connectivity index (χ1) is 7.75. The average Bonchev–Trinajstić information content (AvgIpc) is 2.76. The van der Waals surface area contributed by atoms with Gasteiger partial charge in [-0.15, -0.1) is 0 Å². The average molecular weight is 285 g/mol. The van der Waals surface area contributed by atoms with Crippen molar-refractivity contribution in [2.24, 2.45) is 0 Å². The first-order valence-electron chi connectivity index (χ1n) is 4.53. The number of rotatable bonds is 4. The summed E-state index contributed by atoms with van der Waals surface area (Å²) in [6, 6.07) is 0. The van der Waals surface area contributed by atoms with Gasteiger partial charge in [-0.1, -0.05) is 5.16 Å². The van der Waals surface area contributed by atoms with Crippen molar-refractivity contribution in [2.75, 3.05) is 17.6 Å². The van der Waals surface area contributed by atoms with Gasteiger partial charge < -0.3 is 15.6 Å². The summed E-state index contributed by atoms with van der Waals surface area (Å²) in [5.41, 5.74) is 5.47. The molecule has 0 aliphatic heterocycles. The van der Waals surface area contributed by atoms with Crippen molar-refractivity contribution in [3.8, 4) is 0 Å². The number of nitrogen functional groups attached to an aromatic ring is 1. The number of nitrogens with one attached hydrogen (secondary N) is 1. The molecular formula is C8H9BrN6O. The van der Waals surface area contributed by atoms with Gasteiger partial charge in [0.25, 0.3) is 0 Å². The Balaban J connectivity index is 1.92. The van der Waals surface area contributed by atoms with Crippen molar-refractivity contribution in [1.82, 2.24) is 20.1 Å². The van der Waals surface area contributed by atoms with Crippen molar-refractivity contribution in [2.45, 2.75) is 6.42 Å². The molecule has 2 heterocycles. The zero-order valence-electron chi connectivity index (χ0n) is 8.22. The normalized spacial score (nSPS) is 10.3. The van der Waals surface area contributed by atoms with Gasteiger partial charge >= 0.3 is 0 Å². The molecule has 0 saturated carbocycles. The standard InChI is InChI=1S/C8H9BrN6O/c9-5-3-12-8(10)14-7(5)11-2-1-6-13-4-16-15-6/h3-4H,1-2H2,(H3,10,11,12,14). The molecule has 0 aliphatic carbocycles. The second kappa shape index (κ2) is 4.88. The molecule has 0 amide bonds. The fourth-order valence-electron chi connectivity index (χ4n) is 1.10. The van der Waals surface area contributed by atoms with E-state index >= 15 is 0 Å². The minimum Gasteiger partial charge on any atom is -0.369 e. The Morgan fingerprint density at radius 3 is 3.06 bits per heavy atom. The van der Waals surface area contributed by atoms with Crippen molar-refractivity contribution >= 4 is 27.7 Å². The third-order valence-corrected chi connectivity index (χ3v) is 2.39. The molecule has 0 aliphatic rings. The predicted octanol–water partition coefficient (Wildman–Crippen LogP) is 0.859. The molecule has 0 radical (unpaired) electrons. The molecule has 0 aromatic carbocycles. The van der Waals surface area contributed by atoms with E-state index in [9.17, 15) is 0 Å².